The Kier molecular flexibility index (Phi) is 6.28. The van der Waals surface area contributed by atoms with Crippen LogP contribution in [0.25, 0.3) is 0 Å². The SMILES string of the molecule is CC(C)CCC[C@@H](C)[C@H]1CC[C@H]2[C@@H]3CCC4=CC(N=O)C(C)(C)C[C@]4(C)[C@H]3CC[C@]12C. The molecule has 2 heteroatoms. The fraction of sp³-hybridized carbons (Fsp3) is 0.931. The highest BCUT2D eigenvalue weighted by atomic mass is 16.3. The standard InChI is InChI=1S/C29H49NO/c1-19(2)9-8-10-20(3)23-13-14-24-22-12-11-21-17-26(30-31)27(4,5)18-29(21,7)25(22)15-16-28(23,24)6/h17,19-20,22-26H,8-16,18H2,1-7H3/t20-,22+,23-,24+,25+,26?,28-,29+/m1/s1. The van der Waals surface area contributed by atoms with E-state index in [-0.39, 0.29) is 16.9 Å². The lowest BCUT2D eigenvalue weighted by Crippen LogP contribution is -2.53. The van der Waals surface area contributed by atoms with Crippen LogP contribution in [0.15, 0.2) is 16.8 Å². The van der Waals surface area contributed by atoms with Gasteiger partial charge in [-0.05, 0) is 96.7 Å². The molecule has 0 bridgehead atoms. The lowest BCUT2D eigenvalue weighted by molar-refractivity contribution is -0.0702. The largest absolute Gasteiger partial charge is 0.150 e. The van der Waals surface area contributed by atoms with E-state index in [0.29, 0.717) is 5.41 Å². The van der Waals surface area contributed by atoms with Crippen molar-refractivity contribution < 1.29 is 0 Å². The summed E-state index contributed by atoms with van der Waals surface area (Å²) in [5.41, 5.74) is 2.42. The van der Waals surface area contributed by atoms with Gasteiger partial charge < -0.3 is 0 Å². The summed E-state index contributed by atoms with van der Waals surface area (Å²) in [6.07, 6.45) is 16.0. The Morgan fingerprint density at radius 2 is 1.74 bits per heavy atom. The van der Waals surface area contributed by atoms with Gasteiger partial charge in [-0.2, -0.15) is 4.91 Å². The van der Waals surface area contributed by atoms with E-state index >= 15 is 0 Å². The summed E-state index contributed by atoms with van der Waals surface area (Å²) in [5, 5.41) is 3.53. The Morgan fingerprint density at radius 3 is 2.42 bits per heavy atom. The zero-order valence-electron chi connectivity index (χ0n) is 21.5. The van der Waals surface area contributed by atoms with Crippen LogP contribution in [0.2, 0.25) is 0 Å². The molecule has 31 heavy (non-hydrogen) atoms. The predicted molar refractivity (Wildman–Crippen MR) is 132 cm³/mol. The molecule has 0 radical (unpaired) electrons. The van der Waals surface area contributed by atoms with Crippen LogP contribution in [0.1, 0.15) is 113 Å². The smallest absolute Gasteiger partial charge is 0.115 e. The number of nitrogens with zero attached hydrogens (tertiary/aromatic N) is 1. The van der Waals surface area contributed by atoms with Gasteiger partial charge in [-0.3, -0.25) is 0 Å². The lowest BCUT2D eigenvalue weighted by atomic mass is 9.44. The monoisotopic (exact) mass is 427 g/mol. The van der Waals surface area contributed by atoms with Gasteiger partial charge in [-0.15, -0.1) is 0 Å². The molecule has 4 aliphatic rings. The Bertz CT molecular complexity index is 708. The van der Waals surface area contributed by atoms with Crippen LogP contribution in [0.4, 0.5) is 0 Å². The zero-order valence-corrected chi connectivity index (χ0v) is 21.5. The number of allylic oxidation sites excluding steroid dienone is 1. The first-order chi connectivity index (χ1) is 14.5. The lowest BCUT2D eigenvalue weighted by Gasteiger charge is -2.60. The van der Waals surface area contributed by atoms with E-state index in [2.05, 4.69) is 59.7 Å². The van der Waals surface area contributed by atoms with Gasteiger partial charge in [0.1, 0.15) is 6.04 Å². The van der Waals surface area contributed by atoms with Crippen molar-refractivity contribution in [1.29, 1.82) is 0 Å². The normalized spacial score (nSPS) is 44.8. The van der Waals surface area contributed by atoms with Gasteiger partial charge in [0.15, 0.2) is 0 Å². The first-order valence-electron chi connectivity index (χ1n) is 13.6. The molecule has 3 fully saturated rings. The second-order valence-electron chi connectivity index (χ2n) is 13.8. The predicted octanol–water partition coefficient (Wildman–Crippen LogP) is 8.80. The summed E-state index contributed by atoms with van der Waals surface area (Å²) >= 11 is 0. The highest BCUT2D eigenvalue weighted by molar-refractivity contribution is 5.29. The van der Waals surface area contributed by atoms with E-state index in [4.69, 9.17) is 0 Å². The van der Waals surface area contributed by atoms with Gasteiger partial charge in [0.2, 0.25) is 0 Å². The van der Waals surface area contributed by atoms with Gasteiger partial charge >= 0.3 is 0 Å². The maximum atomic E-state index is 11.5. The maximum absolute atomic E-state index is 11.5. The van der Waals surface area contributed by atoms with Crippen LogP contribution >= 0.6 is 0 Å². The summed E-state index contributed by atoms with van der Waals surface area (Å²) in [4.78, 5) is 11.5. The topological polar surface area (TPSA) is 29.4 Å². The fourth-order valence-corrected chi connectivity index (χ4v) is 9.51. The average Bonchev–Trinajstić information content (AvgIpc) is 3.03. The van der Waals surface area contributed by atoms with E-state index in [0.717, 1.165) is 41.9 Å². The molecule has 2 nitrogen and oxygen atoms in total. The molecule has 8 atom stereocenters. The molecule has 4 aliphatic carbocycles. The van der Waals surface area contributed by atoms with Crippen molar-refractivity contribution in [3.05, 3.63) is 16.6 Å². The quantitative estimate of drug-likeness (QED) is 0.307. The molecule has 0 aliphatic heterocycles. The van der Waals surface area contributed by atoms with Crippen molar-refractivity contribution in [2.24, 2.45) is 56.9 Å². The van der Waals surface area contributed by atoms with Crippen molar-refractivity contribution in [2.75, 3.05) is 0 Å². The van der Waals surface area contributed by atoms with Crippen LogP contribution in [-0.4, -0.2) is 6.04 Å². The molecule has 0 aromatic heterocycles. The molecule has 0 aromatic carbocycles. The van der Waals surface area contributed by atoms with Gasteiger partial charge in [0, 0.05) is 0 Å². The van der Waals surface area contributed by atoms with Crippen LogP contribution in [-0.2, 0) is 0 Å². The van der Waals surface area contributed by atoms with E-state index in [1.807, 2.05) is 0 Å². The van der Waals surface area contributed by atoms with Gasteiger partial charge in [-0.1, -0.05) is 84.6 Å². The number of nitroso groups, excluding NO2 is 1. The Morgan fingerprint density at radius 1 is 1.00 bits per heavy atom. The third kappa shape index (κ3) is 3.86. The molecular weight excluding hydrogens is 378 g/mol. The summed E-state index contributed by atoms with van der Waals surface area (Å²) in [6.45, 7) is 17.1. The maximum Gasteiger partial charge on any atom is 0.115 e. The number of hydrogen-bond acceptors (Lipinski definition) is 2. The third-order valence-electron chi connectivity index (χ3n) is 11.0. The fourth-order valence-electron chi connectivity index (χ4n) is 9.51. The molecule has 0 aromatic rings. The van der Waals surface area contributed by atoms with Crippen molar-refractivity contribution in [3.63, 3.8) is 0 Å². The second kappa shape index (κ2) is 8.28. The minimum atomic E-state index is -0.136. The second-order valence-corrected chi connectivity index (χ2v) is 13.8. The van der Waals surface area contributed by atoms with E-state index < -0.39 is 0 Å². The Hall–Kier alpha value is -0.660. The first-order valence-corrected chi connectivity index (χ1v) is 13.6. The van der Waals surface area contributed by atoms with E-state index in [1.54, 1.807) is 5.57 Å². The average molecular weight is 428 g/mol. The van der Waals surface area contributed by atoms with E-state index in [9.17, 15) is 4.91 Å². The van der Waals surface area contributed by atoms with Crippen molar-refractivity contribution in [1.82, 2.24) is 0 Å². The van der Waals surface area contributed by atoms with Crippen molar-refractivity contribution >= 4 is 0 Å². The van der Waals surface area contributed by atoms with Gasteiger partial charge in [0.25, 0.3) is 0 Å². The van der Waals surface area contributed by atoms with Gasteiger partial charge in [-0.25, -0.2) is 0 Å². The van der Waals surface area contributed by atoms with E-state index in [1.165, 1.54) is 57.8 Å². The first kappa shape index (κ1) is 23.5. The summed E-state index contributed by atoms with van der Waals surface area (Å²) < 4.78 is 0. The van der Waals surface area contributed by atoms with Crippen LogP contribution < -0.4 is 0 Å². The molecule has 1 unspecified atom stereocenters. The number of fused-ring (bicyclic) bond motifs is 5. The molecule has 3 saturated carbocycles. The number of hydrogen-bond donors (Lipinski definition) is 0. The highest BCUT2D eigenvalue weighted by Gasteiger charge is 2.60. The molecule has 0 spiro atoms. The summed E-state index contributed by atoms with van der Waals surface area (Å²) in [7, 11) is 0. The third-order valence-corrected chi connectivity index (χ3v) is 11.0. The minimum absolute atomic E-state index is 0.00815. The number of rotatable bonds is 6. The van der Waals surface area contributed by atoms with Crippen LogP contribution in [0.3, 0.4) is 0 Å². The molecule has 0 N–H and O–H groups in total. The van der Waals surface area contributed by atoms with Crippen LogP contribution in [0, 0.1) is 56.7 Å². The molecule has 0 heterocycles. The zero-order chi connectivity index (χ0) is 22.6. The van der Waals surface area contributed by atoms with Crippen molar-refractivity contribution in [3.8, 4) is 0 Å². The molecule has 4 rings (SSSR count). The summed E-state index contributed by atoms with van der Waals surface area (Å²) in [5.74, 6) is 5.29. The molecular formula is C29H49NO. The Balaban J connectivity index is 1.53. The molecule has 0 saturated heterocycles. The summed E-state index contributed by atoms with van der Waals surface area (Å²) in [6, 6.07) is -0.136. The van der Waals surface area contributed by atoms with Crippen LogP contribution in [0.5, 0.6) is 0 Å². The van der Waals surface area contributed by atoms with Gasteiger partial charge in [0.05, 0.1) is 0 Å². The minimum Gasteiger partial charge on any atom is -0.150 e. The molecule has 176 valence electrons. The van der Waals surface area contributed by atoms with Crippen molar-refractivity contribution in [2.45, 2.75) is 119 Å². The molecule has 0 amide bonds. The highest BCUT2D eigenvalue weighted by Crippen LogP contribution is 2.68. The Labute approximate surface area is 192 Å².